The molecule has 17 aromatic rings. The average Bonchev–Trinajstić information content (AvgIpc) is 0.892. The monoisotopic (exact) mass is 1230 g/mol. The maximum Gasteiger partial charge on any atom is 0.238 e. The molecular weight excluding hydrogens is 1180 g/mol. The fraction of sp³-hybridized carbons (Fsp3) is 0. The van der Waals surface area contributed by atoms with E-state index in [0.29, 0.717) is 35.2 Å². The maximum absolute atomic E-state index is 5.64. The van der Waals surface area contributed by atoms with E-state index in [9.17, 15) is 0 Å². The van der Waals surface area contributed by atoms with E-state index in [1.54, 1.807) is 0 Å². The fourth-order valence-electron chi connectivity index (χ4n) is 14.5. The lowest BCUT2D eigenvalue weighted by molar-refractivity contribution is 0.946. The normalized spacial score (nSPS) is 11.8. The van der Waals surface area contributed by atoms with Crippen molar-refractivity contribution in [1.82, 2.24) is 39.0 Å². The number of aromatic nitrogens is 8. The van der Waals surface area contributed by atoms with Crippen molar-refractivity contribution in [2.45, 2.75) is 0 Å². The molecule has 0 spiro atoms. The summed E-state index contributed by atoms with van der Waals surface area (Å²) in [5, 5.41) is 14.4. The summed E-state index contributed by atoms with van der Waals surface area (Å²) in [5.74, 6) is 2.95. The Morgan fingerprint density at radius 2 is 0.426 bits per heavy atom. The van der Waals surface area contributed by atoms with Crippen LogP contribution in [0.5, 0.6) is 0 Å². The number of hydrogen-bond acceptors (Lipinski definition) is 6. The first kappa shape index (κ1) is 55.9. The molecule has 13 aromatic carbocycles. The molecule has 0 saturated heterocycles. The first-order valence-corrected chi connectivity index (χ1v) is 35.8. The van der Waals surface area contributed by atoms with Gasteiger partial charge in [-0.1, -0.05) is 328 Å². The standard InChI is InChI=1S/C84H58N8Si2/c1-7-33-61(34-8-1)93(62-35-9-2-10-36-62,63-37-11-3-12-38-63)67-45-29-31-59(57-67)79-85-81(89-83(87-79)91-75-53-25-21-47-69(75)70-48-22-26-54-76(70)91)73-51-19-20-52-74(73)82-86-80(88-84(90-82)92-77-55-27-23-49-71(77)72-50-24-28-56-78(72)92)60-32-30-46-68(58-60)94(64-39-13-4-14-40-64,65-41-15-5-16-42-65)66-43-17-6-18-44-66/h1-58H. The third-order valence-electron chi connectivity index (χ3n) is 18.6. The molecule has 0 aliphatic rings. The largest absolute Gasteiger partial charge is 0.278 e. The molecule has 94 heavy (non-hydrogen) atoms. The van der Waals surface area contributed by atoms with Gasteiger partial charge in [0.2, 0.25) is 11.9 Å². The van der Waals surface area contributed by atoms with Crippen LogP contribution in [-0.4, -0.2) is 55.2 Å². The first-order valence-electron chi connectivity index (χ1n) is 31.8. The van der Waals surface area contributed by atoms with Crippen LogP contribution >= 0.6 is 0 Å². The van der Waals surface area contributed by atoms with Gasteiger partial charge in [0.1, 0.15) is 0 Å². The van der Waals surface area contributed by atoms with Crippen molar-refractivity contribution in [2.75, 3.05) is 0 Å². The number of hydrogen-bond donors (Lipinski definition) is 0. The van der Waals surface area contributed by atoms with Gasteiger partial charge in [-0.05, 0) is 65.8 Å². The van der Waals surface area contributed by atoms with E-state index in [2.05, 4.69) is 349 Å². The highest BCUT2D eigenvalue weighted by Gasteiger charge is 2.43. The van der Waals surface area contributed by atoms with Crippen LogP contribution in [-0.2, 0) is 0 Å². The minimum absolute atomic E-state index is 0.465. The van der Waals surface area contributed by atoms with Gasteiger partial charge in [-0.2, -0.15) is 19.9 Å². The number of fused-ring (bicyclic) bond motifs is 6. The molecule has 0 aliphatic heterocycles. The second kappa shape index (κ2) is 23.6. The van der Waals surface area contributed by atoms with E-state index >= 15 is 0 Å². The molecule has 17 rings (SSSR count). The van der Waals surface area contributed by atoms with Gasteiger partial charge in [0.05, 0.1) is 22.1 Å². The van der Waals surface area contributed by atoms with Crippen molar-refractivity contribution >= 4 is 101 Å². The van der Waals surface area contributed by atoms with Crippen LogP contribution in [0.1, 0.15) is 0 Å². The summed E-state index contributed by atoms with van der Waals surface area (Å²) >= 11 is 0. The van der Waals surface area contributed by atoms with Crippen molar-refractivity contribution in [1.29, 1.82) is 0 Å². The summed E-state index contributed by atoms with van der Waals surface area (Å²) in [4.78, 5) is 33.7. The Morgan fingerprint density at radius 3 is 0.713 bits per heavy atom. The molecule has 0 saturated carbocycles. The maximum atomic E-state index is 5.64. The van der Waals surface area contributed by atoms with Gasteiger partial charge >= 0.3 is 0 Å². The summed E-state index contributed by atoms with van der Waals surface area (Å²) in [6.07, 6.45) is 0. The lowest BCUT2D eigenvalue weighted by Crippen LogP contribution is -2.74. The molecule has 0 atom stereocenters. The topological polar surface area (TPSA) is 87.2 Å². The molecule has 0 fully saturated rings. The number of rotatable bonds is 14. The SMILES string of the molecule is c1ccc([Si](c2ccccc2)(c2ccccc2)c2cccc(-c3nc(-c4ccccc4-c4nc(-c5cccc([Si](c6ccccc6)(c6ccccc6)c6ccccc6)c5)nc(-n5c6ccccc6c6ccccc65)n4)nc(-n4c5ccccc5c5ccccc54)n3)c2)cc1. The van der Waals surface area contributed by atoms with Crippen molar-refractivity contribution in [2.24, 2.45) is 0 Å². The Bertz CT molecular complexity index is 4980. The molecule has 0 unspecified atom stereocenters. The Hall–Kier alpha value is -12.1. The molecule has 0 amide bonds. The molecule has 4 heterocycles. The summed E-state index contributed by atoms with van der Waals surface area (Å²) in [7, 11) is -5.99. The second-order valence-electron chi connectivity index (χ2n) is 23.7. The predicted octanol–water partition coefficient (Wildman–Crippen LogP) is 13.7. The van der Waals surface area contributed by atoms with Crippen LogP contribution < -0.4 is 41.5 Å². The first-order chi connectivity index (χ1) is 46.6. The van der Waals surface area contributed by atoms with Crippen LogP contribution in [0.2, 0.25) is 0 Å². The van der Waals surface area contributed by atoms with Crippen molar-refractivity contribution in [3.05, 3.63) is 352 Å². The summed E-state index contributed by atoms with van der Waals surface area (Å²) in [6.45, 7) is 0. The molecule has 442 valence electrons. The Morgan fingerprint density at radius 1 is 0.191 bits per heavy atom. The number of nitrogens with zero attached hydrogens (tertiary/aromatic N) is 8. The summed E-state index contributed by atoms with van der Waals surface area (Å²) in [5.41, 5.74) is 7.11. The average molecular weight is 1240 g/mol. The number of benzene rings is 13. The smallest absolute Gasteiger partial charge is 0.238 e. The molecule has 0 radical (unpaired) electrons. The van der Waals surface area contributed by atoms with Gasteiger partial charge in [0, 0.05) is 43.8 Å². The van der Waals surface area contributed by atoms with E-state index in [4.69, 9.17) is 29.9 Å². The highest BCUT2D eigenvalue weighted by molar-refractivity contribution is 7.20. The lowest BCUT2D eigenvalue weighted by atomic mass is 10.1. The minimum Gasteiger partial charge on any atom is -0.278 e. The third-order valence-corrected chi connectivity index (χ3v) is 28.1. The van der Waals surface area contributed by atoms with Crippen molar-refractivity contribution < 1.29 is 0 Å². The van der Waals surface area contributed by atoms with E-state index in [1.165, 1.54) is 41.5 Å². The molecule has 10 heteroatoms. The van der Waals surface area contributed by atoms with Crippen LogP contribution in [0, 0.1) is 0 Å². The fourth-order valence-corrected chi connectivity index (χ4v) is 24.1. The van der Waals surface area contributed by atoms with E-state index in [1.807, 2.05) is 12.1 Å². The van der Waals surface area contributed by atoms with Crippen LogP contribution in [0.4, 0.5) is 0 Å². The summed E-state index contributed by atoms with van der Waals surface area (Å²) < 4.78 is 4.36. The van der Waals surface area contributed by atoms with Crippen LogP contribution in [0.25, 0.3) is 101 Å². The second-order valence-corrected chi connectivity index (χ2v) is 31.3. The van der Waals surface area contributed by atoms with E-state index < -0.39 is 16.1 Å². The quantitative estimate of drug-likeness (QED) is 0.0796. The molecule has 8 nitrogen and oxygen atoms in total. The van der Waals surface area contributed by atoms with Gasteiger partial charge in [-0.3, -0.25) is 9.13 Å². The Labute approximate surface area is 546 Å². The molecule has 0 N–H and O–H groups in total. The Balaban J connectivity index is 0.915. The molecular formula is C84H58N8Si2. The van der Waals surface area contributed by atoms with Gasteiger partial charge in [-0.25, -0.2) is 9.97 Å². The van der Waals surface area contributed by atoms with Gasteiger partial charge in [-0.15, -0.1) is 0 Å². The zero-order valence-corrected chi connectivity index (χ0v) is 53.1. The molecule has 0 bridgehead atoms. The highest BCUT2D eigenvalue weighted by Crippen LogP contribution is 2.37. The molecule has 4 aromatic heterocycles. The van der Waals surface area contributed by atoms with Gasteiger partial charge in [0.15, 0.2) is 39.4 Å². The zero-order chi connectivity index (χ0) is 62.4. The zero-order valence-electron chi connectivity index (χ0n) is 51.1. The summed E-state index contributed by atoms with van der Waals surface area (Å²) in [6, 6.07) is 126. The van der Waals surface area contributed by atoms with Crippen LogP contribution in [0.15, 0.2) is 352 Å². The predicted molar refractivity (Wildman–Crippen MR) is 391 cm³/mol. The van der Waals surface area contributed by atoms with Gasteiger partial charge in [0.25, 0.3) is 0 Å². The van der Waals surface area contributed by atoms with Crippen LogP contribution in [0.3, 0.4) is 0 Å². The highest BCUT2D eigenvalue weighted by atomic mass is 28.3. The van der Waals surface area contributed by atoms with Gasteiger partial charge < -0.3 is 0 Å². The van der Waals surface area contributed by atoms with E-state index in [-0.39, 0.29) is 0 Å². The van der Waals surface area contributed by atoms with Crippen molar-refractivity contribution in [3.63, 3.8) is 0 Å². The third kappa shape index (κ3) is 9.33. The Kier molecular flexibility index (Phi) is 14.1. The van der Waals surface area contributed by atoms with E-state index in [0.717, 1.165) is 65.9 Å². The lowest BCUT2D eigenvalue weighted by Gasteiger charge is -2.34. The minimum atomic E-state index is -3.00. The van der Waals surface area contributed by atoms with Crippen molar-refractivity contribution in [3.8, 4) is 57.4 Å². The molecule has 0 aliphatic carbocycles. The number of para-hydroxylation sites is 4.